The summed E-state index contributed by atoms with van der Waals surface area (Å²) >= 11 is 0. The second kappa shape index (κ2) is 9.91. The summed E-state index contributed by atoms with van der Waals surface area (Å²) < 4.78 is 12.1. The Balaban J connectivity index is 1.26. The number of anilines is 2. The van der Waals surface area contributed by atoms with Crippen LogP contribution in [0.5, 0.6) is 5.75 Å². The highest BCUT2D eigenvalue weighted by Gasteiger charge is 2.24. The molecule has 2 fully saturated rings. The molecule has 1 saturated carbocycles. The van der Waals surface area contributed by atoms with Gasteiger partial charge in [-0.3, -0.25) is 4.98 Å². The number of rotatable bonds is 6. The molecule has 3 heterocycles. The largest absolute Gasteiger partial charge is 0.488 e. The predicted octanol–water partition coefficient (Wildman–Crippen LogP) is 4.79. The zero-order valence-corrected chi connectivity index (χ0v) is 19.5. The summed E-state index contributed by atoms with van der Waals surface area (Å²) in [6, 6.07) is 10.9. The number of hydrogen-bond acceptors (Lipinski definition) is 7. The molecule has 3 aromatic rings. The predicted molar refractivity (Wildman–Crippen MR) is 131 cm³/mol. The van der Waals surface area contributed by atoms with Gasteiger partial charge in [0.1, 0.15) is 17.1 Å². The van der Waals surface area contributed by atoms with Gasteiger partial charge in [-0.2, -0.15) is 0 Å². The van der Waals surface area contributed by atoms with Crippen LogP contribution in [0.15, 0.2) is 42.7 Å². The summed E-state index contributed by atoms with van der Waals surface area (Å²) in [5, 5.41) is 3.63. The highest BCUT2D eigenvalue weighted by Crippen LogP contribution is 2.33. The first-order valence-corrected chi connectivity index (χ1v) is 12.1. The molecule has 2 aliphatic rings. The molecule has 0 spiro atoms. The lowest BCUT2D eigenvalue weighted by molar-refractivity contribution is 0.122. The van der Waals surface area contributed by atoms with Crippen LogP contribution in [-0.2, 0) is 4.74 Å². The Hall–Kier alpha value is -2.93. The molecule has 1 aromatic carbocycles. The van der Waals surface area contributed by atoms with Gasteiger partial charge in [-0.1, -0.05) is 19.9 Å². The van der Waals surface area contributed by atoms with E-state index in [4.69, 9.17) is 14.5 Å². The van der Waals surface area contributed by atoms with Crippen LogP contribution in [0.4, 0.5) is 11.5 Å². The maximum atomic E-state index is 6.55. The smallest absolute Gasteiger partial charge is 0.149 e. The minimum absolute atomic E-state index is 0.183. The summed E-state index contributed by atoms with van der Waals surface area (Å²) in [7, 11) is 0. The normalized spacial score (nSPS) is 21.4. The molecule has 5 rings (SSSR count). The molecule has 0 amide bonds. The van der Waals surface area contributed by atoms with Gasteiger partial charge in [-0.25, -0.2) is 9.97 Å². The maximum Gasteiger partial charge on any atom is 0.149 e. The molecule has 0 unspecified atom stereocenters. The van der Waals surface area contributed by atoms with E-state index in [0.717, 1.165) is 86.0 Å². The first-order valence-electron chi connectivity index (χ1n) is 12.1. The summed E-state index contributed by atoms with van der Waals surface area (Å²) in [5.41, 5.74) is 3.98. The van der Waals surface area contributed by atoms with Crippen LogP contribution < -0.4 is 15.0 Å². The van der Waals surface area contributed by atoms with Gasteiger partial charge in [0.15, 0.2) is 0 Å². The number of benzene rings is 1. The Labute approximate surface area is 195 Å². The van der Waals surface area contributed by atoms with Crippen molar-refractivity contribution in [3.05, 3.63) is 48.4 Å². The van der Waals surface area contributed by atoms with Crippen LogP contribution in [0, 0.1) is 0 Å². The van der Waals surface area contributed by atoms with E-state index in [9.17, 15) is 0 Å². The minimum atomic E-state index is 0.183. The summed E-state index contributed by atoms with van der Waals surface area (Å²) in [6.45, 7) is 7.62. The molecule has 1 aliphatic carbocycles. The number of fused-ring (bicyclic) bond motifs is 1. The second-order valence-electron chi connectivity index (χ2n) is 9.31. The Morgan fingerprint density at radius 3 is 2.61 bits per heavy atom. The van der Waals surface area contributed by atoms with Crippen molar-refractivity contribution in [3.8, 4) is 5.75 Å². The zero-order valence-electron chi connectivity index (χ0n) is 19.5. The molecular weight excluding hydrogens is 414 g/mol. The number of pyridine rings is 1. The Morgan fingerprint density at radius 2 is 1.82 bits per heavy atom. The minimum Gasteiger partial charge on any atom is -0.488 e. The van der Waals surface area contributed by atoms with Gasteiger partial charge in [0.05, 0.1) is 24.8 Å². The lowest BCUT2D eigenvalue weighted by atomic mass is 9.93. The molecule has 7 nitrogen and oxygen atoms in total. The van der Waals surface area contributed by atoms with Crippen molar-refractivity contribution < 1.29 is 9.47 Å². The van der Waals surface area contributed by atoms with Crippen molar-refractivity contribution in [1.82, 2.24) is 15.0 Å². The van der Waals surface area contributed by atoms with Crippen LogP contribution in [0.1, 0.15) is 51.1 Å². The molecule has 0 bridgehead atoms. The van der Waals surface area contributed by atoms with Gasteiger partial charge in [0.2, 0.25) is 0 Å². The molecule has 7 heteroatoms. The topological polar surface area (TPSA) is 72.4 Å². The first kappa shape index (κ1) is 21.9. The number of nitrogens with zero attached hydrogens (tertiary/aromatic N) is 4. The summed E-state index contributed by atoms with van der Waals surface area (Å²) in [5.74, 6) is 2.25. The fraction of sp³-hybridized carbons (Fsp3) is 0.500. The molecule has 1 aliphatic heterocycles. The van der Waals surface area contributed by atoms with E-state index in [2.05, 4.69) is 64.4 Å². The summed E-state index contributed by atoms with van der Waals surface area (Å²) in [4.78, 5) is 16.2. The molecule has 174 valence electrons. The second-order valence-corrected chi connectivity index (χ2v) is 9.31. The fourth-order valence-corrected chi connectivity index (χ4v) is 4.69. The highest BCUT2D eigenvalue weighted by molar-refractivity contribution is 5.85. The van der Waals surface area contributed by atoms with E-state index in [-0.39, 0.29) is 6.10 Å². The van der Waals surface area contributed by atoms with E-state index in [1.54, 1.807) is 12.4 Å². The van der Waals surface area contributed by atoms with Crippen LogP contribution in [0.3, 0.4) is 0 Å². The van der Waals surface area contributed by atoms with Crippen LogP contribution in [0.2, 0.25) is 0 Å². The van der Waals surface area contributed by atoms with Crippen LogP contribution in [-0.4, -0.2) is 53.4 Å². The zero-order chi connectivity index (χ0) is 22.6. The maximum absolute atomic E-state index is 6.55. The Morgan fingerprint density at radius 1 is 1.03 bits per heavy atom. The van der Waals surface area contributed by atoms with E-state index in [1.165, 1.54) is 0 Å². The lowest BCUT2D eigenvalue weighted by Gasteiger charge is -2.31. The van der Waals surface area contributed by atoms with Gasteiger partial charge in [0, 0.05) is 49.0 Å². The monoisotopic (exact) mass is 447 g/mol. The van der Waals surface area contributed by atoms with Crippen molar-refractivity contribution in [2.24, 2.45) is 0 Å². The first-order chi connectivity index (χ1) is 16.2. The Bertz CT molecular complexity index is 1080. The van der Waals surface area contributed by atoms with Crippen molar-refractivity contribution in [3.63, 3.8) is 0 Å². The van der Waals surface area contributed by atoms with Crippen molar-refractivity contribution in [2.45, 2.75) is 57.6 Å². The SMILES string of the molecule is CC(C)c1cccc(NC2CCC(Oc3cc(N4CCOCC4)cc4nccnc34)CC2)n1. The highest BCUT2D eigenvalue weighted by atomic mass is 16.5. The number of hydrogen-bond donors (Lipinski definition) is 1. The number of morpholine rings is 1. The van der Waals surface area contributed by atoms with E-state index >= 15 is 0 Å². The van der Waals surface area contributed by atoms with Gasteiger partial charge < -0.3 is 19.7 Å². The number of nitrogens with one attached hydrogen (secondary N) is 1. The quantitative estimate of drug-likeness (QED) is 0.583. The molecule has 33 heavy (non-hydrogen) atoms. The third kappa shape index (κ3) is 5.19. The Kier molecular flexibility index (Phi) is 6.58. The van der Waals surface area contributed by atoms with E-state index in [1.807, 2.05) is 0 Å². The molecular formula is C26H33N5O2. The summed E-state index contributed by atoms with van der Waals surface area (Å²) in [6.07, 6.45) is 7.80. The standard InChI is InChI=1S/C26H33N5O2/c1-18(2)22-4-3-5-25(30-22)29-19-6-8-21(9-7-19)33-24-17-20(31-12-14-32-15-13-31)16-23-26(24)28-11-10-27-23/h3-5,10-11,16-19,21H,6-9,12-15H2,1-2H3,(H,29,30). The number of ether oxygens (including phenoxy) is 2. The van der Waals surface area contributed by atoms with Crippen LogP contribution >= 0.6 is 0 Å². The van der Waals surface area contributed by atoms with Gasteiger partial charge in [-0.05, 0) is 49.8 Å². The average Bonchev–Trinajstić information content (AvgIpc) is 2.86. The molecule has 2 aromatic heterocycles. The third-order valence-corrected chi connectivity index (χ3v) is 6.58. The molecule has 0 atom stereocenters. The van der Waals surface area contributed by atoms with Crippen molar-refractivity contribution in [2.75, 3.05) is 36.5 Å². The van der Waals surface area contributed by atoms with Crippen molar-refractivity contribution >= 4 is 22.5 Å². The van der Waals surface area contributed by atoms with E-state index in [0.29, 0.717) is 12.0 Å². The van der Waals surface area contributed by atoms with Crippen LogP contribution in [0.25, 0.3) is 11.0 Å². The fourth-order valence-electron chi connectivity index (χ4n) is 4.69. The van der Waals surface area contributed by atoms with Gasteiger partial charge >= 0.3 is 0 Å². The van der Waals surface area contributed by atoms with Gasteiger partial charge in [0.25, 0.3) is 0 Å². The third-order valence-electron chi connectivity index (χ3n) is 6.58. The number of aromatic nitrogens is 3. The lowest BCUT2D eigenvalue weighted by Crippen LogP contribution is -2.36. The molecule has 0 radical (unpaired) electrons. The van der Waals surface area contributed by atoms with Gasteiger partial charge in [-0.15, -0.1) is 0 Å². The molecule has 1 N–H and O–H groups in total. The van der Waals surface area contributed by atoms with Crippen molar-refractivity contribution in [1.29, 1.82) is 0 Å². The average molecular weight is 448 g/mol. The molecule has 1 saturated heterocycles. The van der Waals surface area contributed by atoms with E-state index < -0.39 is 0 Å².